The van der Waals surface area contributed by atoms with E-state index < -0.39 is 0 Å². The van der Waals surface area contributed by atoms with Crippen LogP contribution in [0.4, 0.5) is 0 Å². The third kappa shape index (κ3) is 1.96. The Kier molecular flexibility index (Phi) is 2.65. The second-order valence-electron chi connectivity index (χ2n) is 4.47. The van der Waals surface area contributed by atoms with Crippen LogP contribution in [0.25, 0.3) is 10.9 Å². The molecular formula is C13H13ClN2O. The van der Waals surface area contributed by atoms with Crippen molar-refractivity contribution < 1.29 is 0 Å². The van der Waals surface area contributed by atoms with Gasteiger partial charge in [-0.3, -0.25) is 4.79 Å². The van der Waals surface area contributed by atoms with Gasteiger partial charge in [0.1, 0.15) is 0 Å². The highest BCUT2D eigenvalue weighted by molar-refractivity contribution is 6.31. The van der Waals surface area contributed by atoms with Crippen molar-refractivity contribution in [2.45, 2.75) is 12.3 Å². The van der Waals surface area contributed by atoms with E-state index in [4.69, 9.17) is 11.6 Å². The summed E-state index contributed by atoms with van der Waals surface area (Å²) in [7, 11) is 0. The number of benzene rings is 1. The summed E-state index contributed by atoms with van der Waals surface area (Å²) in [6, 6.07) is 7.30. The molecule has 1 atom stereocenters. The van der Waals surface area contributed by atoms with Crippen LogP contribution in [0.5, 0.6) is 0 Å². The maximum Gasteiger partial charge on any atom is 0.248 e. The first-order chi connectivity index (χ1) is 8.24. The summed E-state index contributed by atoms with van der Waals surface area (Å²) in [5.41, 5.74) is 1.93. The van der Waals surface area contributed by atoms with Gasteiger partial charge in [0.2, 0.25) is 5.56 Å². The molecule has 0 radical (unpaired) electrons. The lowest BCUT2D eigenvalue weighted by atomic mass is 9.95. The molecular weight excluding hydrogens is 236 g/mol. The average molecular weight is 249 g/mol. The van der Waals surface area contributed by atoms with Gasteiger partial charge in [0, 0.05) is 28.5 Å². The lowest BCUT2D eigenvalue weighted by Gasteiger charge is -2.12. The summed E-state index contributed by atoms with van der Waals surface area (Å²) in [5, 5.41) is 5.09. The first kappa shape index (κ1) is 10.8. The van der Waals surface area contributed by atoms with Gasteiger partial charge in [-0.1, -0.05) is 11.6 Å². The Hall–Kier alpha value is -1.32. The average Bonchev–Trinajstić information content (AvgIpc) is 2.82. The molecule has 3 rings (SSSR count). The van der Waals surface area contributed by atoms with Gasteiger partial charge in [0.05, 0.1) is 0 Å². The minimum absolute atomic E-state index is 0.0401. The molecule has 0 aliphatic carbocycles. The number of aromatic nitrogens is 1. The van der Waals surface area contributed by atoms with Gasteiger partial charge in [0.25, 0.3) is 0 Å². The van der Waals surface area contributed by atoms with Crippen LogP contribution in [0, 0.1) is 0 Å². The lowest BCUT2D eigenvalue weighted by Crippen LogP contribution is -2.12. The number of rotatable bonds is 1. The molecule has 2 N–H and O–H groups in total. The number of H-pyrrole nitrogens is 1. The maximum absolute atomic E-state index is 11.6. The fraction of sp³-hybridized carbons (Fsp3) is 0.308. The number of hydrogen-bond acceptors (Lipinski definition) is 2. The van der Waals surface area contributed by atoms with E-state index in [-0.39, 0.29) is 5.56 Å². The number of hydrogen-bond donors (Lipinski definition) is 2. The fourth-order valence-electron chi connectivity index (χ4n) is 2.51. The highest BCUT2D eigenvalue weighted by atomic mass is 35.5. The minimum atomic E-state index is -0.0401. The molecule has 0 spiro atoms. The molecule has 2 heterocycles. The Balaban J connectivity index is 2.27. The van der Waals surface area contributed by atoms with E-state index in [1.165, 1.54) is 0 Å². The second-order valence-corrected chi connectivity index (χ2v) is 4.90. The fourth-order valence-corrected chi connectivity index (χ4v) is 2.68. The molecule has 1 aliphatic heterocycles. The highest BCUT2D eigenvalue weighted by Crippen LogP contribution is 2.29. The second kappa shape index (κ2) is 4.17. The third-order valence-electron chi connectivity index (χ3n) is 3.34. The van der Waals surface area contributed by atoms with Crippen LogP contribution < -0.4 is 10.9 Å². The molecule has 1 fully saturated rings. The van der Waals surface area contributed by atoms with Crippen LogP contribution in [0.3, 0.4) is 0 Å². The quantitative estimate of drug-likeness (QED) is 0.813. The van der Waals surface area contributed by atoms with Gasteiger partial charge < -0.3 is 10.3 Å². The molecule has 17 heavy (non-hydrogen) atoms. The Bertz CT molecular complexity index is 614. The van der Waals surface area contributed by atoms with Crippen molar-refractivity contribution >= 4 is 22.5 Å². The van der Waals surface area contributed by atoms with Crippen LogP contribution in [0.1, 0.15) is 17.9 Å². The van der Waals surface area contributed by atoms with Gasteiger partial charge >= 0.3 is 0 Å². The molecule has 0 bridgehead atoms. The van der Waals surface area contributed by atoms with Gasteiger partial charge in [-0.2, -0.15) is 0 Å². The van der Waals surface area contributed by atoms with E-state index in [9.17, 15) is 4.79 Å². The van der Waals surface area contributed by atoms with E-state index in [1.807, 2.05) is 12.1 Å². The van der Waals surface area contributed by atoms with Gasteiger partial charge in [-0.15, -0.1) is 0 Å². The number of aromatic amines is 1. The molecule has 1 aromatic heterocycles. The van der Waals surface area contributed by atoms with Crippen LogP contribution in [0.2, 0.25) is 5.02 Å². The van der Waals surface area contributed by atoms with Gasteiger partial charge in [-0.25, -0.2) is 0 Å². The van der Waals surface area contributed by atoms with E-state index in [0.29, 0.717) is 10.9 Å². The molecule has 2 aromatic rings. The van der Waals surface area contributed by atoms with Crippen LogP contribution in [-0.2, 0) is 0 Å². The standard InChI is InChI=1S/C13H13ClN2O/c14-9-1-2-12-11(5-9)10(6-13(17)16-12)8-3-4-15-7-8/h1-2,5-6,8,15H,3-4,7H2,(H,16,17). The zero-order valence-electron chi connectivity index (χ0n) is 9.29. The molecule has 1 aromatic carbocycles. The Morgan fingerprint density at radius 3 is 2.94 bits per heavy atom. The number of nitrogens with one attached hydrogen (secondary N) is 2. The first-order valence-corrected chi connectivity index (χ1v) is 6.15. The molecule has 0 saturated carbocycles. The SMILES string of the molecule is O=c1cc(C2CCNC2)c2cc(Cl)ccc2[nH]1. The molecule has 4 heteroatoms. The maximum atomic E-state index is 11.6. The molecule has 1 saturated heterocycles. The smallest absolute Gasteiger partial charge is 0.248 e. The van der Waals surface area contributed by atoms with E-state index in [0.717, 1.165) is 36.0 Å². The van der Waals surface area contributed by atoms with Crippen LogP contribution >= 0.6 is 11.6 Å². The highest BCUT2D eigenvalue weighted by Gasteiger charge is 2.19. The summed E-state index contributed by atoms with van der Waals surface area (Å²) in [5.74, 6) is 0.415. The number of halogens is 1. The minimum Gasteiger partial charge on any atom is -0.322 e. The van der Waals surface area contributed by atoms with E-state index in [1.54, 1.807) is 12.1 Å². The Labute approximate surface area is 104 Å². The first-order valence-electron chi connectivity index (χ1n) is 5.77. The molecule has 1 unspecified atom stereocenters. The lowest BCUT2D eigenvalue weighted by molar-refractivity contribution is 0.768. The zero-order valence-corrected chi connectivity index (χ0v) is 10.1. The van der Waals surface area contributed by atoms with Crippen molar-refractivity contribution in [2.24, 2.45) is 0 Å². The van der Waals surface area contributed by atoms with Crippen molar-refractivity contribution in [3.05, 3.63) is 45.2 Å². The summed E-state index contributed by atoms with van der Waals surface area (Å²) in [6.07, 6.45) is 1.07. The number of fused-ring (bicyclic) bond motifs is 1. The normalized spacial score (nSPS) is 19.9. The van der Waals surface area contributed by atoms with Crippen molar-refractivity contribution in [3.63, 3.8) is 0 Å². The summed E-state index contributed by atoms with van der Waals surface area (Å²) in [6.45, 7) is 1.95. The Morgan fingerprint density at radius 1 is 1.29 bits per heavy atom. The molecule has 3 nitrogen and oxygen atoms in total. The van der Waals surface area contributed by atoms with Crippen molar-refractivity contribution in [2.75, 3.05) is 13.1 Å². The molecule has 88 valence electrons. The van der Waals surface area contributed by atoms with Crippen molar-refractivity contribution in [1.29, 1.82) is 0 Å². The largest absolute Gasteiger partial charge is 0.322 e. The molecule has 0 amide bonds. The summed E-state index contributed by atoms with van der Waals surface area (Å²) in [4.78, 5) is 14.5. The summed E-state index contributed by atoms with van der Waals surface area (Å²) >= 11 is 6.03. The predicted molar refractivity (Wildman–Crippen MR) is 69.8 cm³/mol. The van der Waals surface area contributed by atoms with Crippen molar-refractivity contribution in [3.8, 4) is 0 Å². The predicted octanol–water partition coefficient (Wildman–Crippen LogP) is 2.26. The monoisotopic (exact) mass is 248 g/mol. The van der Waals surface area contributed by atoms with E-state index >= 15 is 0 Å². The van der Waals surface area contributed by atoms with Crippen LogP contribution in [0.15, 0.2) is 29.1 Å². The number of pyridine rings is 1. The van der Waals surface area contributed by atoms with Gasteiger partial charge in [-0.05, 0) is 42.6 Å². The van der Waals surface area contributed by atoms with Gasteiger partial charge in [0.15, 0.2) is 0 Å². The zero-order chi connectivity index (χ0) is 11.8. The third-order valence-corrected chi connectivity index (χ3v) is 3.57. The summed E-state index contributed by atoms with van der Waals surface area (Å²) < 4.78 is 0. The van der Waals surface area contributed by atoms with Crippen molar-refractivity contribution in [1.82, 2.24) is 10.3 Å². The van der Waals surface area contributed by atoms with Crippen LogP contribution in [-0.4, -0.2) is 18.1 Å². The molecule has 1 aliphatic rings. The van der Waals surface area contributed by atoms with E-state index in [2.05, 4.69) is 10.3 Å². The Morgan fingerprint density at radius 2 is 2.18 bits per heavy atom. The topological polar surface area (TPSA) is 44.9 Å².